The van der Waals surface area contributed by atoms with Gasteiger partial charge >= 0.3 is 0 Å². The number of phenols is 1. The minimum Gasteiger partial charge on any atom is -0.507 e. The minimum absolute atomic E-state index is 0.125. The number of carbonyl (C=O) groups excluding carboxylic acids is 1. The third-order valence-electron chi connectivity index (χ3n) is 1.94. The molecule has 0 atom stereocenters. The first-order valence-corrected chi connectivity index (χ1v) is 5.96. The van der Waals surface area contributed by atoms with Gasteiger partial charge in [0.15, 0.2) is 5.12 Å². The first-order chi connectivity index (χ1) is 7.59. The number of allylic oxidation sites excluding steroid dienone is 1. The Morgan fingerprint density at radius 3 is 3.00 bits per heavy atom. The van der Waals surface area contributed by atoms with Gasteiger partial charge in [-0.05, 0) is 24.6 Å². The summed E-state index contributed by atoms with van der Waals surface area (Å²) < 4.78 is 0. The van der Waals surface area contributed by atoms with E-state index in [4.69, 9.17) is 5.73 Å². The van der Waals surface area contributed by atoms with Crippen molar-refractivity contribution in [3.63, 3.8) is 0 Å². The van der Waals surface area contributed by atoms with Crippen LogP contribution in [0.15, 0.2) is 24.3 Å². The van der Waals surface area contributed by atoms with Crippen LogP contribution in [0.1, 0.15) is 18.9 Å². The Balaban J connectivity index is 2.49. The fourth-order valence-electron chi connectivity index (χ4n) is 1.19. The van der Waals surface area contributed by atoms with Crippen molar-refractivity contribution in [2.24, 2.45) is 0 Å². The van der Waals surface area contributed by atoms with E-state index in [0.717, 1.165) is 12.2 Å². The number of thioether (sulfide) groups is 1. The van der Waals surface area contributed by atoms with Crippen molar-refractivity contribution < 1.29 is 9.90 Å². The van der Waals surface area contributed by atoms with Crippen molar-refractivity contribution in [3.05, 3.63) is 29.8 Å². The number of phenolic OH excluding ortho intramolecular Hbond substituents is 1. The second-order valence-electron chi connectivity index (χ2n) is 3.35. The fourth-order valence-corrected chi connectivity index (χ4v) is 1.73. The molecular formula is C12H15NO2S. The van der Waals surface area contributed by atoms with E-state index in [1.807, 2.05) is 12.2 Å². The Kier molecular flexibility index (Phi) is 4.92. The lowest BCUT2D eigenvalue weighted by atomic mass is 10.1. The lowest BCUT2D eigenvalue weighted by Gasteiger charge is -2.00. The van der Waals surface area contributed by atoms with Gasteiger partial charge in [0.25, 0.3) is 0 Å². The Morgan fingerprint density at radius 2 is 2.31 bits per heavy atom. The molecule has 4 heteroatoms. The van der Waals surface area contributed by atoms with Gasteiger partial charge in [0.2, 0.25) is 0 Å². The predicted octanol–water partition coefficient (Wildman–Crippen LogP) is 2.66. The largest absolute Gasteiger partial charge is 0.507 e. The molecule has 0 aliphatic heterocycles. The second-order valence-corrected chi connectivity index (χ2v) is 4.62. The van der Waals surface area contributed by atoms with Gasteiger partial charge in [-0.2, -0.15) is 0 Å². The molecular weight excluding hydrogens is 222 g/mol. The summed E-state index contributed by atoms with van der Waals surface area (Å²) in [4.78, 5) is 10.7. The summed E-state index contributed by atoms with van der Waals surface area (Å²) in [6, 6.07) is 4.93. The maximum atomic E-state index is 10.7. The number of nitrogens with two attached hydrogens (primary N) is 1. The van der Waals surface area contributed by atoms with E-state index >= 15 is 0 Å². The van der Waals surface area contributed by atoms with Crippen molar-refractivity contribution in [1.82, 2.24) is 0 Å². The van der Waals surface area contributed by atoms with Crippen molar-refractivity contribution in [2.45, 2.75) is 13.3 Å². The zero-order valence-electron chi connectivity index (χ0n) is 9.14. The molecule has 0 saturated carbocycles. The minimum atomic E-state index is 0.125. The first-order valence-electron chi connectivity index (χ1n) is 4.98. The van der Waals surface area contributed by atoms with Crippen molar-refractivity contribution >= 4 is 28.6 Å². The molecule has 1 aromatic rings. The molecule has 0 aliphatic carbocycles. The monoisotopic (exact) mass is 237 g/mol. The van der Waals surface area contributed by atoms with Gasteiger partial charge in [0, 0.05) is 23.9 Å². The highest BCUT2D eigenvalue weighted by molar-refractivity contribution is 8.13. The maximum absolute atomic E-state index is 10.7. The van der Waals surface area contributed by atoms with E-state index in [1.165, 1.54) is 11.8 Å². The Morgan fingerprint density at radius 1 is 1.56 bits per heavy atom. The van der Waals surface area contributed by atoms with E-state index in [1.54, 1.807) is 25.1 Å². The number of rotatable bonds is 4. The van der Waals surface area contributed by atoms with Crippen LogP contribution in [0, 0.1) is 0 Å². The van der Waals surface area contributed by atoms with Crippen molar-refractivity contribution in [3.8, 4) is 5.75 Å². The smallest absolute Gasteiger partial charge is 0.185 e. The number of nitrogen functional groups attached to an aromatic ring is 1. The van der Waals surface area contributed by atoms with E-state index in [2.05, 4.69) is 0 Å². The summed E-state index contributed by atoms with van der Waals surface area (Å²) in [5.41, 5.74) is 6.93. The summed E-state index contributed by atoms with van der Waals surface area (Å²) in [6.45, 7) is 1.55. The Hall–Kier alpha value is -1.42. The summed E-state index contributed by atoms with van der Waals surface area (Å²) >= 11 is 1.30. The molecule has 0 aliphatic rings. The third kappa shape index (κ3) is 4.40. The van der Waals surface area contributed by atoms with E-state index in [9.17, 15) is 9.90 Å². The molecule has 0 saturated heterocycles. The van der Waals surface area contributed by atoms with Crippen LogP contribution < -0.4 is 5.73 Å². The zero-order valence-corrected chi connectivity index (χ0v) is 9.96. The Bertz CT molecular complexity index is 402. The molecule has 1 aromatic carbocycles. The molecule has 0 fully saturated rings. The molecule has 0 unspecified atom stereocenters. The molecule has 0 radical (unpaired) electrons. The van der Waals surface area contributed by atoms with Gasteiger partial charge in [0.1, 0.15) is 5.75 Å². The van der Waals surface area contributed by atoms with Gasteiger partial charge < -0.3 is 10.8 Å². The lowest BCUT2D eigenvalue weighted by Crippen LogP contribution is -1.86. The van der Waals surface area contributed by atoms with Gasteiger partial charge in [-0.3, -0.25) is 4.79 Å². The summed E-state index contributed by atoms with van der Waals surface area (Å²) in [6.07, 6.45) is 4.52. The van der Waals surface area contributed by atoms with Crippen LogP contribution in [0.2, 0.25) is 0 Å². The topological polar surface area (TPSA) is 63.3 Å². The van der Waals surface area contributed by atoms with Crippen LogP contribution in [-0.4, -0.2) is 16.0 Å². The van der Waals surface area contributed by atoms with E-state index < -0.39 is 0 Å². The van der Waals surface area contributed by atoms with Gasteiger partial charge in [-0.1, -0.05) is 23.9 Å². The fraction of sp³-hybridized carbons (Fsp3) is 0.250. The zero-order chi connectivity index (χ0) is 12.0. The van der Waals surface area contributed by atoms with E-state index in [0.29, 0.717) is 11.3 Å². The molecule has 0 spiro atoms. The number of hydrogen-bond donors (Lipinski definition) is 2. The van der Waals surface area contributed by atoms with E-state index in [-0.39, 0.29) is 10.9 Å². The van der Waals surface area contributed by atoms with Gasteiger partial charge in [-0.25, -0.2) is 0 Å². The molecule has 0 aromatic heterocycles. The highest BCUT2D eigenvalue weighted by atomic mass is 32.2. The van der Waals surface area contributed by atoms with Crippen molar-refractivity contribution in [2.75, 3.05) is 11.5 Å². The summed E-state index contributed by atoms with van der Waals surface area (Å²) in [5.74, 6) is 0.971. The molecule has 16 heavy (non-hydrogen) atoms. The van der Waals surface area contributed by atoms with Crippen LogP contribution in [-0.2, 0) is 4.79 Å². The van der Waals surface area contributed by atoms with Crippen LogP contribution in [0.5, 0.6) is 5.75 Å². The molecule has 0 bridgehead atoms. The van der Waals surface area contributed by atoms with Crippen LogP contribution in [0.25, 0.3) is 6.08 Å². The van der Waals surface area contributed by atoms with Crippen molar-refractivity contribution in [1.29, 1.82) is 0 Å². The summed E-state index contributed by atoms with van der Waals surface area (Å²) in [7, 11) is 0. The number of carbonyl (C=O) groups is 1. The van der Waals surface area contributed by atoms with Crippen LogP contribution >= 0.6 is 11.8 Å². The highest BCUT2D eigenvalue weighted by Crippen LogP contribution is 2.21. The maximum Gasteiger partial charge on any atom is 0.185 e. The Labute approximate surface area is 99.4 Å². The molecule has 1 rings (SSSR count). The lowest BCUT2D eigenvalue weighted by molar-refractivity contribution is -0.109. The predicted molar refractivity (Wildman–Crippen MR) is 69.3 cm³/mol. The third-order valence-corrected chi connectivity index (χ3v) is 2.79. The highest BCUT2D eigenvalue weighted by Gasteiger charge is 1.97. The average molecular weight is 237 g/mol. The average Bonchev–Trinajstić information content (AvgIpc) is 2.22. The standard InChI is InChI=1S/C12H15NO2S/c1-9(14)16-7-3-2-4-10-8-11(13)5-6-12(10)15/h2,4-6,8,15H,3,7,13H2,1H3. The van der Waals surface area contributed by atoms with Crippen LogP contribution in [0.3, 0.4) is 0 Å². The molecule has 0 heterocycles. The molecule has 3 nitrogen and oxygen atoms in total. The molecule has 3 N–H and O–H groups in total. The van der Waals surface area contributed by atoms with Gasteiger partial charge in [0.05, 0.1) is 0 Å². The normalized spacial score (nSPS) is 10.8. The summed E-state index contributed by atoms with van der Waals surface area (Å²) in [5, 5.41) is 9.64. The second kappa shape index (κ2) is 6.23. The number of hydrogen-bond acceptors (Lipinski definition) is 4. The number of anilines is 1. The van der Waals surface area contributed by atoms with Crippen LogP contribution in [0.4, 0.5) is 5.69 Å². The molecule has 0 amide bonds. The number of benzene rings is 1. The SMILES string of the molecule is CC(=O)SCCC=Cc1cc(N)ccc1O. The first kappa shape index (κ1) is 12.6. The number of aromatic hydroxyl groups is 1. The quantitative estimate of drug-likeness (QED) is 0.480. The van der Waals surface area contributed by atoms with Gasteiger partial charge in [-0.15, -0.1) is 0 Å². The molecule has 86 valence electrons.